The lowest BCUT2D eigenvalue weighted by atomic mass is 10.0. The fraction of sp³-hybridized carbons (Fsp3) is 0.364. The number of halogens is 2. The second-order valence-electron chi connectivity index (χ2n) is 3.53. The van der Waals surface area contributed by atoms with E-state index in [0.29, 0.717) is 10.6 Å². The van der Waals surface area contributed by atoms with Gasteiger partial charge >= 0.3 is 0 Å². The normalized spacial score (nSPS) is 10.6. The lowest BCUT2D eigenvalue weighted by molar-refractivity contribution is -0.121. The van der Waals surface area contributed by atoms with Gasteiger partial charge in [-0.3, -0.25) is 4.79 Å². The van der Waals surface area contributed by atoms with E-state index in [1.54, 1.807) is 13.8 Å². The monoisotopic (exact) mass is 214 g/mol. The number of rotatable bonds is 3. The molecule has 0 saturated carbocycles. The molecule has 1 aromatic carbocycles. The van der Waals surface area contributed by atoms with Crippen molar-refractivity contribution in [3.8, 4) is 0 Å². The Balaban J connectivity index is 2.86. The molecule has 1 aromatic rings. The molecule has 0 aliphatic rings. The van der Waals surface area contributed by atoms with Gasteiger partial charge in [0.2, 0.25) is 0 Å². The van der Waals surface area contributed by atoms with Gasteiger partial charge in [-0.1, -0.05) is 25.4 Å². The van der Waals surface area contributed by atoms with E-state index >= 15 is 0 Å². The Kier molecular flexibility index (Phi) is 3.64. The number of carbonyl (C=O) groups is 1. The smallest absolute Gasteiger partial charge is 0.139 e. The van der Waals surface area contributed by atoms with Crippen LogP contribution in [0, 0.1) is 11.7 Å². The van der Waals surface area contributed by atoms with Gasteiger partial charge in [-0.05, 0) is 23.8 Å². The highest BCUT2D eigenvalue weighted by Gasteiger charge is 2.11. The van der Waals surface area contributed by atoms with Crippen LogP contribution in [0.4, 0.5) is 4.39 Å². The minimum Gasteiger partial charge on any atom is -0.299 e. The van der Waals surface area contributed by atoms with Crippen molar-refractivity contribution in [2.24, 2.45) is 5.92 Å². The molecule has 0 N–H and O–H groups in total. The molecule has 0 radical (unpaired) electrons. The average Bonchev–Trinajstić information content (AvgIpc) is 2.11. The lowest BCUT2D eigenvalue weighted by Crippen LogP contribution is -2.11. The van der Waals surface area contributed by atoms with Crippen molar-refractivity contribution in [1.29, 1.82) is 0 Å². The Morgan fingerprint density at radius 1 is 1.50 bits per heavy atom. The fourth-order valence-electron chi connectivity index (χ4n) is 1.07. The first-order valence-corrected chi connectivity index (χ1v) is 4.85. The maximum absolute atomic E-state index is 13.2. The van der Waals surface area contributed by atoms with Gasteiger partial charge in [-0.25, -0.2) is 4.39 Å². The quantitative estimate of drug-likeness (QED) is 0.755. The number of carbonyl (C=O) groups excluding carboxylic acids is 1. The van der Waals surface area contributed by atoms with Gasteiger partial charge in [0, 0.05) is 17.4 Å². The molecule has 0 aliphatic carbocycles. The van der Waals surface area contributed by atoms with E-state index in [-0.39, 0.29) is 23.9 Å². The Morgan fingerprint density at radius 3 is 2.71 bits per heavy atom. The largest absolute Gasteiger partial charge is 0.299 e. The summed E-state index contributed by atoms with van der Waals surface area (Å²) >= 11 is 5.70. The molecule has 0 heterocycles. The molecule has 0 fully saturated rings. The highest BCUT2D eigenvalue weighted by molar-refractivity contribution is 6.30. The van der Waals surface area contributed by atoms with Crippen molar-refractivity contribution in [2.45, 2.75) is 20.3 Å². The summed E-state index contributed by atoms with van der Waals surface area (Å²) in [5.74, 6) is -0.428. The standard InChI is InChI=1S/C11H12ClFO/c1-7(2)11(14)6-8-5-9(12)3-4-10(8)13/h3-5,7H,6H2,1-2H3. The van der Waals surface area contributed by atoms with E-state index < -0.39 is 0 Å². The number of ketones is 1. The maximum atomic E-state index is 13.2. The third-order valence-corrected chi connectivity index (χ3v) is 2.25. The van der Waals surface area contributed by atoms with E-state index in [2.05, 4.69) is 0 Å². The molecule has 1 nitrogen and oxygen atoms in total. The predicted octanol–water partition coefficient (Wildman–Crippen LogP) is 3.25. The molecular weight excluding hydrogens is 203 g/mol. The molecule has 0 atom stereocenters. The number of Topliss-reactive ketones (excluding diaryl/α,β-unsaturated/α-hetero) is 1. The number of benzene rings is 1. The summed E-state index contributed by atoms with van der Waals surface area (Å²) in [7, 11) is 0. The molecular formula is C11H12ClFO. The summed E-state index contributed by atoms with van der Waals surface area (Å²) in [6, 6.07) is 4.25. The molecule has 0 saturated heterocycles. The molecule has 76 valence electrons. The molecule has 0 aliphatic heterocycles. The van der Waals surface area contributed by atoms with Crippen molar-refractivity contribution in [2.75, 3.05) is 0 Å². The van der Waals surface area contributed by atoms with Crippen molar-refractivity contribution in [1.82, 2.24) is 0 Å². The highest BCUT2D eigenvalue weighted by Crippen LogP contribution is 2.16. The number of hydrogen-bond acceptors (Lipinski definition) is 1. The van der Waals surface area contributed by atoms with E-state index in [4.69, 9.17) is 11.6 Å². The summed E-state index contributed by atoms with van der Waals surface area (Å²) in [4.78, 5) is 11.4. The van der Waals surface area contributed by atoms with E-state index in [1.807, 2.05) is 0 Å². The second kappa shape index (κ2) is 4.56. The van der Waals surface area contributed by atoms with Crippen LogP contribution in [-0.4, -0.2) is 5.78 Å². The SMILES string of the molecule is CC(C)C(=O)Cc1cc(Cl)ccc1F. The first-order chi connectivity index (χ1) is 6.50. The Morgan fingerprint density at radius 2 is 2.14 bits per heavy atom. The van der Waals surface area contributed by atoms with Crippen molar-refractivity contribution in [3.05, 3.63) is 34.6 Å². The highest BCUT2D eigenvalue weighted by atomic mass is 35.5. The van der Waals surface area contributed by atoms with Gasteiger partial charge in [-0.2, -0.15) is 0 Å². The van der Waals surface area contributed by atoms with Crippen LogP contribution >= 0.6 is 11.6 Å². The van der Waals surface area contributed by atoms with Crippen LogP contribution < -0.4 is 0 Å². The minimum absolute atomic E-state index is 0.0196. The van der Waals surface area contributed by atoms with E-state index in [1.165, 1.54) is 18.2 Å². The van der Waals surface area contributed by atoms with Crippen LogP contribution in [0.5, 0.6) is 0 Å². The zero-order valence-corrected chi connectivity index (χ0v) is 8.94. The summed E-state index contributed by atoms with van der Waals surface area (Å²) in [6.45, 7) is 3.59. The first kappa shape index (κ1) is 11.2. The van der Waals surface area contributed by atoms with Gasteiger partial charge in [0.25, 0.3) is 0 Å². The lowest BCUT2D eigenvalue weighted by Gasteiger charge is -2.05. The molecule has 0 unspecified atom stereocenters. The van der Waals surface area contributed by atoms with Crippen LogP contribution in [0.2, 0.25) is 5.02 Å². The summed E-state index contributed by atoms with van der Waals surface area (Å²) in [5, 5.41) is 0.456. The molecule has 14 heavy (non-hydrogen) atoms. The van der Waals surface area contributed by atoms with Crippen molar-refractivity contribution in [3.63, 3.8) is 0 Å². The van der Waals surface area contributed by atoms with Gasteiger partial charge in [0.1, 0.15) is 11.6 Å². The van der Waals surface area contributed by atoms with Crippen LogP contribution in [0.15, 0.2) is 18.2 Å². The van der Waals surface area contributed by atoms with E-state index in [9.17, 15) is 9.18 Å². The molecule has 0 spiro atoms. The Labute approximate surface area is 87.9 Å². The molecule has 3 heteroatoms. The van der Waals surface area contributed by atoms with Crippen LogP contribution in [0.25, 0.3) is 0 Å². The van der Waals surface area contributed by atoms with Crippen LogP contribution in [0.3, 0.4) is 0 Å². The molecule has 0 bridgehead atoms. The maximum Gasteiger partial charge on any atom is 0.139 e. The zero-order chi connectivity index (χ0) is 10.7. The summed E-state index contributed by atoms with van der Waals surface area (Å²) in [5.41, 5.74) is 0.371. The van der Waals surface area contributed by atoms with Crippen molar-refractivity contribution < 1.29 is 9.18 Å². The topological polar surface area (TPSA) is 17.1 Å². The van der Waals surface area contributed by atoms with E-state index in [0.717, 1.165) is 0 Å². The number of hydrogen-bond donors (Lipinski definition) is 0. The van der Waals surface area contributed by atoms with Gasteiger partial charge in [0.05, 0.1) is 0 Å². The molecule has 0 aromatic heterocycles. The average molecular weight is 215 g/mol. The molecule has 0 amide bonds. The van der Waals surface area contributed by atoms with Gasteiger partial charge < -0.3 is 0 Å². The summed E-state index contributed by atoms with van der Waals surface area (Å²) in [6.07, 6.45) is 0.115. The van der Waals surface area contributed by atoms with Gasteiger partial charge in [0.15, 0.2) is 0 Å². The zero-order valence-electron chi connectivity index (χ0n) is 8.18. The second-order valence-corrected chi connectivity index (χ2v) is 3.97. The Bertz CT molecular complexity index is 347. The summed E-state index contributed by atoms with van der Waals surface area (Å²) < 4.78 is 13.2. The first-order valence-electron chi connectivity index (χ1n) is 4.47. The van der Waals surface area contributed by atoms with Crippen molar-refractivity contribution >= 4 is 17.4 Å². The minimum atomic E-state index is -0.372. The molecule has 1 rings (SSSR count). The fourth-order valence-corrected chi connectivity index (χ4v) is 1.27. The third kappa shape index (κ3) is 2.81. The van der Waals surface area contributed by atoms with Gasteiger partial charge in [-0.15, -0.1) is 0 Å². The third-order valence-electron chi connectivity index (χ3n) is 2.02. The Hall–Kier alpha value is -0.890. The van der Waals surface area contributed by atoms with Crippen LogP contribution in [-0.2, 0) is 11.2 Å². The van der Waals surface area contributed by atoms with Crippen LogP contribution in [0.1, 0.15) is 19.4 Å². The predicted molar refractivity (Wildman–Crippen MR) is 55.0 cm³/mol.